The lowest BCUT2D eigenvalue weighted by Gasteiger charge is -2.69. The Labute approximate surface area is 241 Å². The van der Waals surface area contributed by atoms with Crippen molar-refractivity contribution in [3.63, 3.8) is 0 Å². The van der Waals surface area contributed by atoms with Crippen molar-refractivity contribution in [2.75, 3.05) is 0 Å². The van der Waals surface area contributed by atoms with E-state index in [-0.39, 0.29) is 40.1 Å². The van der Waals surface area contributed by atoms with Gasteiger partial charge < -0.3 is 20.1 Å². The van der Waals surface area contributed by atoms with Gasteiger partial charge in [0.05, 0.1) is 12.2 Å². The molecule has 0 bridgehead atoms. The molecule has 4 rings (SSSR count). The second-order valence-electron chi connectivity index (χ2n) is 13.7. The molecule has 0 aromatic heterocycles. The molecule has 10 atom stereocenters. The van der Waals surface area contributed by atoms with Crippen molar-refractivity contribution < 1.29 is 29.6 Å². The standard InChI is InChI=1S/C31H47IO6/c1-16(2)22(32)9-8-19(28(36)37)26-21-14-24(35)27-29(5)12-11-23(34)17(3)20(29)10-13-30(27,6)31(21,7)15-25(26)38-18(4)33/h17,20-21,23-25,27,34-35H,8-15H2,1-7H3,(H,36,37)/b26-19-/t17-,20?,21?,23+,24+,25-,27-,29-,30-,31-/m0/s1. The molecule has 0 radical (unpaired) electrons. The molecule has 0 amide bonds. The molecule has 0 aliphatic heterocycles. The van der Waals surface area contributed by atoms with Crippen LogP contribution in [0.5, 0.6) is 0 Å². The van der Waals surface area contributed by atoms with E-state index >= 15 is 0 Å². The highest BCUT2D eigenvalue weighted by Crippen LogP contribution is 2.74. The lowest BCUT2D eigenvalue weighted by Crippen LogP contribution is -2.65. The van der Waals surface area contributed by atoms with Crippen LogP contribution in [0.15, 0.2) is 20.3 Å². The number of aliphatic hydroxyl groups is 2. The molecule has 3 N–H and O–H groups in total. The summed E-state index contributed by atoms with van der Waals surface area (Å²) in [4.78, 5) is 25.0. The van der Waals surface area contributed by atoms with Crippen LogP contribution < -0.4 is 0 Å². The zero-order valence-corrected chi connectivity index (χ0v) is 26.3. The first-order valence-electron chi connectivity index (χ1n) is 14.4. The maximum atomic E-state index is 12.7. The van der Waals surface area contributed by atoms with Gasteiger partial charge in [-0.05, 0) is 137 Å². The summed E-state index contributed by atoms with van der Waals surface area (Å²) >= 11 is 2.29. The number of carbonyl (C=O) groups is 2. The number of ether oxygens (including phenoxy) is 1. The van der Waals surface area contributed by atoms with E-state index in [0.29, 0.717) is 37.2 Å². The third-order valence-corrected chi connectivity index (χ3v) is 13.4. The Morgan fingerprint density at radius 3 is 2.24 bits per heavy atom. The molecule has 6 nitrogen and oxygen atoms in total. The quantitative estimate of drug-likeness (QED) is 0.182. The highest BCUT2D eigenvalue weighted by molar-refractivity contribution is 14.1. The molecule has 0 heterocycles. The second kappa shape index (κ2) is 10.5. The molecule has 4 saturated carbocycles. The molecule has 4 aliphatic carbocycles. The minimum Gasteiger partial charge on any atom is -0.478 e. The van der Waals surface area contributed by atoms with Crippen molar-refractivity contribution in [2.24, 2.45) is 39.9 Å². The third-order valence-electron chi connectivity index (χ3n) is 11.8. The van der Waals surface area contributed by atoms with Gasteiger partial charge in [-0.1, -0.05) is 33.3 Å². The molecule has 38 heavy (non-hydrogen) atoms. The zero-order valence-electron chi connectivity index (χ0n) is 24.1. The number of rotatable bonds is 5. The van der Waals surface area contributed by atoms with E-state index in [1.54, 1.807) is 0 Å². The molecule has 0 aromatic carbocycles. The van der Waals surface area contributed by atoms with Crippen LogP contribution in [0.25, 0.3) is 0 Å². The van der Waals surface area contributed by atoms with Crippen molar-refractivity contribution in [1.82, 2.24) is 0 Å². The van der Waals surface area contributed by atoms with Crippen LogP contribution >= 0.6 is 22.6 Å². The summed E-state index contributed by atoms with van der Waals surface area (Å²) in [7, 11) is 0. The Morgan fingerprint density at radius 1 is 1.00 bits per heavy atom. The first-order valence-corrected chi connectivity index (χ1v) is 15.5. The van der Waals surface area contributed by atoms with Gasteiger partial charge in [0.1, 0.15) is 6.10 Å². The number of hydrogen-bond acceptors (Lipinski definition) is 5. The minimum atomic E-state index is -0.952. The average molecular weight is 643 g/mol. The Kier molecular flexibility index (Phi) is 8.28. The highest BCUT2D eigenvalue weighted by Gasteiger charge is 2.70. The molecule has 0 spiro atoms. The first kappa shape index (κ1) is 30.0. The summed E-state index contributed by atoms with van der Waals surface area (Å²) in [5.74, 6) is -0.925. The molecule has 0 aromatic rings. The highest BCUT2D eigenvalue weighted by atomic mass is 127. The summed E-state index contributed by atoms with van der Waals surface area (Å²) in [5, 5.41) is 33.0. The lowest BCUT2D eigenvalue weighted by atomic mass is 9.36. The smallest absolute Gasteiger partial charge is 0.331 e. The van der Waals surface area contributed by atoms with Crippen LogP contribution in [0, 0.1) is 39.9 Å². The molecular formula is C31H47IO6. The number of fused-ring (bicyclic) bond motifs is 5. The SMILES string of the molecule is CC(=O)O[C@H]1C[C@@]2(C)C(C[C@@H](O)[C@H]3[C@@]4(C)CC[C@@H](O)[C@@H](C)C4CC[C@@]32C)/C1=C(\CCC(I)=C(C)C)C(=O)O. The van der Waals surface area contributed by atoms with E-state index in [1.165, 1.54) is 12.5 Å². The summed E-state index contributed by atoms with van der Waals surface area (Å²) < 4.78 is 7.04. The predicted molar refractivity (Wildman–Crippen MR) is 156 cm³/mol. The Bertz CT molecular complexity index is 1040. The summed E-state index contributed by atoms with van der Waals surface area (Å²) in [5.41, 5.74) is 1.59. The van der Waals surface area contributed by atoms with Gasteiger partial charge in [0.15, 0.2) is 0 Å². The van der Waals surface area contributed by atoms with E-state index in [1.807, 2.05) is 13.8 Å². The molecule has 4 aliphatic rings. The van der Waals surface area contributed by atoms with E-state index < -0.39 is 24.1 Å². The minimum absolute atomic E-state index is 0.0437. The van der Waals surface area contributed by atoms with Gasteiger partial charge in [-0.25, -0.2) is 4.79 Å². The van der Waals surface area contributed by atoms with Crippen molar-refractivity contribution in [3.8, 4) is 0 Å². The van der Waals surface area contributed by atoms with Gasteiger partial charge in [0, 0.05) is 12.5 Å². The van der Waals surface area contributed by atoms with Gasteiger partial charge in [0.2, 0.25) is 0 Å². The molecule has 4 fully saturated rings. The number of carbonyl (C=O) groups excluding carboxylic acids is 1. The number of halogens is 1. The second-order valence-corrected chi connectivity index (χ2v) is 15.0. The number of esters is 1. The molecule has 7 heteroatoms. The molecule has 2 unspecified atom stereocenters. The van der Waals surface area contributed by atoms with Gasteiger partial charge in [-0.2, -0.15) is 0 Å². The van der Waals surface area contributed by atoms with E-state index in [2.05, 4.69) is 50.3 Å². The van der Waals surface area contributed by atoms with Crippen molar-refractivity contribution in [3.05, 3.63) is 20.3 Å². The largest absolute Gasteiger partial charge is 0.478 e. The van der Waals surface area contributed by atoms with Crippen LogP contribution in [0.1, 0.15) is 99.8 Å². The maximum absolute atomic E-state index is 12.7. The lowest BCUT2D eigenvalue weighted by molar-refractivity contribution is -0.234. The zero-order chi connectivity index (χ0) is 28.4. The van der Waals surface area contributed by atoms with Crippen LogP contribution in [0.4, 0.5) is 0 Å². The van der Waals surface area contributed by atoms with Crippen molar-refractivity contribution >= 4 is 34.5 Å². The number of carboxylic acid groups (broad SMARTS) is 1. The fourth-order valence-electron chi connectivity index (χ4n) is 9.77. The maximum Gasteiger partial charge on any atom is 0.331 e. The Morgan fingerprint density at radius 2 is 1.66 bits per heavy atom. The number of allylic oxidation sites excluding steroid dienone is 2. The van der Waals surface area contributed by atoms with Gasteiger partial charge >= 0.3 is 11.9 Å². The third kappa shape index (κ3) is 4.60. The predicted octanol–water partition coefficient (Wildman–Crippen LogP) is 6.43. The van der Waals surface area contributed by atoms with E-state index in [4.69, 9.17) is 4.74 Å². The summed E-state index contributed by atoms with van der Waals surface area (Å²) in [6, 6.07) is 0. The fourth-order valence-corrected chi connectivity index (χ4v) is 10.0. The van der Waals surface area contributed by atoms with Crippen molar-refractivity contribution in [1.29, 1.82) is 0 Å². The monoisotopic (exact) mass is 642 g/mol. The van der Waals surface area contributed by atoms with E-state index in [0.717, 1.165) is 34.8 Å². The molecule has 0 saturated heterocycles. The fraction of sp³-hybridized carbons (Fsp3) is 0.806. The van der Waals surface area contributed by atoms with Crippen LogP contribution in [0.2, 0.25) is 0 Å². The summed E-state index contributed by atoms with van der Waals surface area (Å²) in [6.07, 6.45) is 4.16. The van der Waals surface area contributed by atoms with Crippen LogP contribution in [0.3, 0.4) is 0 Å². The number of carboxylic acids is 1. The normalized spacial score (nSPS) is 45.4. The van der Waals surface area contributed by atoms with E-state index in [9.17, 15) is 24.9 Å². The number of aliphatic carboxylic acids is 1. The molecular weight excluding hydrogens is 595 g/mol. The Hall–Kier alpha value is -0.930. The first-order chi connectivity index (χ1) is 17.6. The van der Waals surface area contributed by atoms with Crippen LogP contribution in [-0.2, 0) is 14.3 Å². The number of hydrogen-bond donors (Lipinski definition) is 3. The van der Waals surface area contributed by atoms with Crippen LogP contribution in [-0.4, -0.2) is 45.6 Å². The van der Waals surface area contributed by atoms with Gasteiger partial charge in [-0.3, -0.25) is 4.79 Å². The Balaban J connectivity index is 1.83. The number of aliphatic hydroxyl groups excluding tert-OH is 2. The summed E-state index contributed by atoms with van der Waals surface area (Å²) in [6.45, 7) is 14.5. The molecule has 214 valence electrons. The van der Waals surface area contributed by atoms with Gasteiger partial charge in [0.25, 0.3) is 0 Å². The topological polar surface area (TPSA) is 104 Å². The average Bonchev–Trinajstić information content (AvgIpc) is 3.08. The van der Waals surface area contributed by atoms with Gasteiger partial charge in [-0.15, -0.1) is 0 Å². The van der Waals surface area contributed by atoms with Crippen molar-refractivity contribution in [2.45, 2.75) is 118 Å².